The van der Waals surface area contributed by atoms with Crippen LogP contribution in [0, 0.1) is 10.1 Å². The minimum atomic E-state index is -0.577. The minimum Gasteiger partial charge on any atom is -0.372 e. The third-order valence-corrected chi connectivity index (χ3v) is 5.24. The summed E-state index contributed by atoms with van der Waals surface area (Å²) in [7, 11) is 0. The molecule has 0 aliphatic carbocycles. The summed E-state index contributed by atoms with van der Waals surface area (Å²) in [4.78, 5) is 25.3. The lowest BCUT2D eigenvalue weighted by molar-refractivity contribution is -0.385. The van der Waals surface area contributed by atoms with Gasteiger partial charge in [0, 0.05) is 36.4 Å². The van der Waals surface area contributed by atoms with Crippen LogP contribution in [0.2, 0.25) is 5.02 Å². The Balaban J connectivity index is 1.56. The average molecular weight is 402 g/mol. The molecule has 1 amide bonds. The van der Waals surface area contributed by atoms with E-state index in [0.29, 0.717) is 18.0 Å². The summed E-state index contributed by atoms with van der Waals surface area (Å²) in [5, 5.41) is 14.1. The van der Waals surface area contributed by atoms with Crippen molar-refractivity contribution in [3.05, 3.63) is 68.7 Å². The predicted octanol–water partition coefficient (Wildman–Crippen LogP) is 4.60. The van der Waals surface area contributed by atoms with Crippen molar-refractivity contribution in [2.75, 3.05) is 24.5 Å². The maximum Gasteiger partial charge on any atom is 0.282 e. The van der Waals surface area contributed by atoms with Crippen LogP contribution in [-0.2, 0) is 6.42 Å². The van der Waals surface area contributed by atoms with E-state index in [0.717, 1.165) is 18.7 Å². The van der Waals surface area contributed by atoms with Crippen LogP contribution in [0.3, 0.4) is 0 Å². The third-order valence-electron chi connectivity index (χ3n) is 5.01. The summed E-state index contributed by atoms with van der Waals surface area (Å²) >= 11 is 5.88. The second kappa shape index (κ2) is 9.55. The van der Waals surface area contributed by atoms with E-state index in [2.05, 4.69) is 34.5 Å². The highest BCUT2D eigenvalue weighted by molar-refractivity contribution is 6.31. The SMILES string of the molecule is O=C(NCCc1ccc(N2CCCCCC2)cc1)c1cc(Cl)ccc1[N+](=O)[O-]. The molecule has 0 spiro atoms. The molecule has 0 aromatic heterocycles. The van der Waals surface area contributed by atoms with E-state index in [9.17, 15) is 14.9 Å². The van der Waals surface area contributed by atoms with Gasteiger partial charge in [-0.2, -0.15) is 0 Å². The van der Waals surface area contributed by atoms with Crippen molar-refractivity contribution in [2.45, 2.75) is 32.1 Å². The Morgan fingerprint density at radius 2 is 1.75 bits per heavy atom. The molecule has 6 nitrogen and oxygen atoms in total. The van der Waals surface area contributed by atoms with E-state index in [1.807, 2.05) is 0 Å². The van der Waals surface area contributed by atoms with Gasteiger partial charge >= 0.3 is 0 Å². The fraction of sp³-hybridized carbons (Fsp3) is 0.381. The van der Waals surface area contributed by atoms with Crippen LogP contribution in [0.15, 0.2) is 42.5 Å². The number of nitrogens with zero attached hydrogens (tertiary/aromatic N) is 2. The molecule has 1 fully saturated rings. The van der Waals surface area contributed by atoms with Crippen LogP contribution < -0.4 is 10.2 Å². The zero-order valence-electron chi connectivity index (χ0n) is 15.7. The number of hydrogen-bond donors (Lipinski definition) is 1. The molecule has 2 aromatic rings. The number of rotatable bonds is 6. The molecule has 148 valence electrons. The summed E-state index contributed by atoms with van der Waals surface area (Å²) in [6, 6.07) is 12.4. The fourth-order valence-electron chi connectivity index (χ4n) is 3.47. The first-order valence-corrected chi connectivity index (χ1v) is 9.98. The Morgan fingerprint density at radius 1 is 1.07 bits per heavy atom. The van der Waals surface area contributed by atoms with Gasteiger partial charge in [-0.25, -0.2) is 0 Å². The highest BCUT2D eigenvalue weighted by atomic mass is 35.5. The molecule has 1 heterocycles. The molecule has 28 heavy (non-hydrogen) atoms. The second-order valence-corrected chi connectivity index (χ2v) is 7.43. The van der Waals surface area contributed by atoms with Crippen molar-refractivity contribution in [3.63, 3.8) is 0 Å². The third kappa shape index (κ3) is 5.23. The Bertz CT molecular complexity index is 831. The van der Waals surface area contributed by atoms with E-state index in [1.54, 1.807) is 0 Å². The van der Waals surface area contributed by atoms with Gasteiger partial charge < -0.3 is 10.2 Å². The zero-order valence-corrected chi connectivity index (χ0v) is 16.5. The van der Waals surface area contributed by atoms with E-state index < -0.39 is 10.8 Å². The van der Waals surface area contributed by atoms with Gasteiger partial charge in [-0.3, -0.25) is 14.9 Å². The van der Waals surface area contributed by atoms with Crippen molar-refractivity contribution < 1.29 is 9.72 Å². The number of amides is 1. The molecule has 0 radical (unpaired) electrons. The van der Waals surface area contributed by atoms with Gasteiger partial charge in [0.2, 0.25) is 0 Å². The number of nitrogens with one attached hydrogen (secondary N) is 1. The molecule has 0 saturated carbocycles. The molecule has 1 saturated heterocycles. The predicted molar refractivity (Wildman–Crippen MR) is 111 cm³/mol. The van der Waals surface area contributed by atoms with Crippen molar-refractivity contribution in [2.24, 2.45) is 0 Å². The number of benzene rings is 2. The largest absolute Gasteiger partial charge is 0.372 e. The summed E-state index contributed by atoms with van der Waals surface area (Å²) in [6.45, 7) is 2.60. The van der Waals surface area contributed by atoms with Crippen LogP contribution in [0.4, 0.5) is 11.4 Å². The van der Waals surface area contributed by atoms with Crippen molar-refractivity contribution >= 4 is 28.9 Å². The highest BCUT2D eigenvalue weighted by Gasteiger charge is 2.20. The monoisotopic (exact) mass is 401 g/mol. The first kappa shape index (κ1) is 20.1. The first-order chi connectivity index (χ1) is 13.5. The summed E-state index contributed by atoms with van der Waals surface area (Å²) in [5.74, 6) is -0.490. The standard InChI is InChI=1S/C21H24ClN3O3/c22-17-7-10-20(25(27)28)19(15-17)21(26)23-12-11-16-5-8-18(9-6-16)24-13-3-1-2-4-14-24/h5-10,15H,1-4,11-14H2,(H,23,26). The topological polar surface area (TPSA) is 75.5 Å². The molecule has 1 N–H and O–H groups in total. The molecule has 3 rings (SSSR count). The van der Waals surface area contributed by atoms with Gasteiger partial charge in [-0.05, 0) is 49.1 Å². The van der Waals surface area contributed by atoms with Crippen LogP contribution in [0.5, 0.6) is 0 Å². The number of hydrogen-bond acceptors (Lipinski definition) is 4. The van der Waals surface area contributed by atoms with Crippen molar-refractivity contribution in [3.8, 4) is 0 Å². The van der Waals surface area contributed by atoms with E-state index >= 15 is 0 Å². The average Bonchev–Trinajstić information content (AvgIpc) is 2.97. The van der Waals surface area contributed by atoms with E-state index in [4.69, 9.17) is 11.6 Å². The minimum absolute atomic E-state index is 0.0194. The lowest BCUT2D eigenvalue weighted by Crippen LogP contribution is -2.26. The fourth-order valence-corrected chi connectivity index (χ4v) is 3.64. The number of carbonyl (C=O) groups excluding carboxylic acids is 1. The number of nitro benzene ring substituents is 1. The van der Waals surface area contributed by atoms with E-state index in [1.165, 1.54) is 49.6 Å². The molecule has 7 heteroatoms. The summed E-state index contributed by atoms with van der Waals surface area (Å²) in [5.41, 5.74) is 2.08. The maximum atomic E-state index is 12.3. The Morgan fingerprint density at radius 3 is 2.39 bits per heavy atom. The number of anilines is 1. The Hall–Kier alpha value is -2.60. The Kier molecular flexibility index (Phi) is 6.87. The number of carbonyl (C=O) groups is 1. The molecule has 1 aliphatic rings. The molecule has 0 atom stereocenters. The van der Waals surface area contributed by atoms with Crippen molar-refractivity contribution in [1.82, 2.24) is 5.32 Å². The van der Waals surface area contributed by atoms with Gasteiger partial charge in [0.25, 0.3) is 11.6 Å². The number of halogens is 1. The van der Waals surface area contributed by atoms with Crippen LogP contribution in [-0.4, -0.2) is 30.5 Å². The second-order valence-electron chi connectivity index (χ2n) is 6.99. The van der Waals surface area contributed by atoms with Gasteiger partial charge in [0.05, 0.1) is 4.92 Å². The normalized spacial score (nSPS) is 14.4. The quantitative estimate of drug-likeness (QED) is 0.566. The van der Waals surface area contributed by atoms with Gasteiger partial charge in [-0.15, -0.1) is 0 Å². The highest BCUT2D eigenvalue weighted by Crippen LogP contribution is 2.23. The first-order valence-electron chi connectivity index (χ1n) is 9.60. The Labute approximate surface area is 169 Å². The maximum absolute atomic E-state index is 12.3. The molecule has 0 unspecified atom stereocenters. The molecule has 1 aliphatic heterocycles. The van der Waals surface area contributed by atoms with Crippen LogP contribution >= 0.6 is 11.6 Å². The smallest absolute Gasteiger partial charge is 0.282 e. The van der Waals surface area contributed by atoms with Gasteiger partial charge in [0.15, 0.2) is 0 Å². The molecular weight excluding hydrogens is 378 g/mol. The van der Waals surface area contributed by atoms with Gasteiger partial charge in [0.1, 0.15) is 5.56 Å². The molecule has 0 bridgehead atoms. The summed E-state index contributed by atoms with van der Waals surface area (Å²) < 4.78 is 0. The van der Waals surface area contributed by atoms with Gasteiger partial charge in [-0.1, -0.05) is 36.6 Å². The van der Waals surface area contributed by atoms with E-state index in [-0.39, 0.29) is 11.3 Å². The summed E-state index contributed by atoms with van der Waals surface area (Å²) in [6.07, 6.45) is 5.74. The lowest BCUT2D eigenvalue weighted by atomic mass is 10.1. The molecule has 2 aromatic carbocycles. The van der Waals surface area contributed by atoms with Crippen LogP contribution in [0.1, 0.15) is 41.6 Å². The van der Waals surface area contributed by atoms with Crippen LogP contribution in [0.25, 0.3) is 0 Å². The zero-order chi connectivity index (χ0) is 19.9. The molecular formula is C21H24ClN3O3. The lowest BCUT2D eigenvalue weighted by Gasteiger charge is -2.22. The van der Waals surface area contributed by atoms with Crippen molar-refractivity contribution in [1.29, 1.82) is 0 Å². The number of nitro groups is 1.